The first-order valence-corrected chi connectivity index (χ1v) is 7.08. The number of hydrogen-bond acceptors (Lipinski definition) is 3. The molecular formula is C15H13BrN2O3. The highest BCUT2D eigenvalue weighted by Crippen LogP contribution is 2.23. The van der Waals surface area contributed by atoms with Crippen LogP contribution in [-0.4, -0.2) is 10.8 Å². The lowest BCUT2D eigenvalue weighted by Gasteiger charge is -2.15. The zero-order valence-electron chi connectivity index (χ0n) is 11.2. The second-order valence-corrected chi connectivity index (χ2v) is 5.37. The Hall–Kier alpha value is -2.21. The molecule has 2 rings (SSSR count). The highest BCUT2D eigenvalue weighted by atomic mass is 79.9. The molecule has 0 fully saturated rings. The molecule has 0 saturated carbocycles. The molecule has 0 unspecified atom stereocenters. The van der Waals surface area contributed by atoms with Crippen molar-refractivity contribution < 1.29 is 9.72 Å². The van der Waals surface area contributed by atoms with Crippen LogP contribution in [0.2, 0.25) is 0 Å². The molecule has 1 amide bonds. The molecule has 0 spiro atoms. The maximum atomic E-state index is 12.1. The fraction of sp³-hybridized carbons (Fsp3) is 0.133. The molecule has 5 nitrogen and oxygen atoms in total. The van der Waals surface area contributed by atoms with Crippen LogP contribution in [0.4, 0.5) is 5.69 Å². The molecule has 108 valence electrons. The van der Waals surface area contributed by atoms with Gasteiger partial charge in [-0.05, 0) is 30.7 Å². The molecule has 2 aromatic carbocycles. The van der Waals surface area contributed by atoms with Gasteiger partial charge in [0.1, 0.15) is 0 Å². The molecule has 0 aliphatic carbocycles. The van der Waals surface area contributed by atoms with E-state index in [0.717, 1.165) is 10.0 Å². The van der Waals surface area contributed by atoms with Crippen LogP contribution in [0.15, 0.2) is 53.0 Å². The SMILES string of the molecule is C[C@@H](NC(=O)c1ccc([N+](=O)[O-])cc1)c1ccccc1Br. The van der Waals surface area contributed by atoms with Crippen LogP contribution in [0.25, 0.3) is 0 Å². The molecule has 0 bridgehead atoms. The summed E-state index contributed by atoms with van der Waals surface area (Å²) in [4.78, 5) is 22.2. The third-order valence-electron chi connectivity index (χ3n) is 3.06. The number of nitrogens with one attached hydrogen (secondary N) is 1. The van der Waals surface area contributed by atoms with E-state index in [-0.39, 0.29) is 17.6 Å². The summed E-state index contributed by atoms with van der Waals surface area (Å²) < 4.78 is 0.918. The summed E-state index contributed by atoms with van der Waals surface area (Å²) in [7, 11) is 0. The topological polar surface area (TPSA) is 72.2 Å². The van der Waals surface area contributed by atoms with Crippen molar-refractivity contribution in [1.82, 2.24) is 5.32 Å². The highest BCUT2D eigenvalue weighted by Gasteiger charge is 2.14. The van der Waals surface area contributed by atoms with Gasteiger partial charge in [0, 0.05) is 22.2 Å². The van der Waals surface area contributed by atoms with Gasteiger partial charge in [-0.15, -0.1) is 0 Å². The van der Waals surface area contributed by atoms with E-state index < -0.39 is 4.92 Å². The van der Waals surface area contributed by atoms with Gasteiger partial charge in [-0.25, -0.2) is 0 Å². The van der Waals surface area contributed by atoms with E-state index in [1.165, 1.54) is 24.3 Å². The van der Waals surface area contributed by atoms with Crippen molar-refractivity contribution in [3.8, 4) is 0 Å². The molecule has 21 heavy (non-hydrogen) atoms. The quantitative estimate of drug-likeness (QED) is 0.673. The van der Waals surface area contributed by atoms with Gasteiger partial charge in [-0.2, -0.15) is 0 Å². The predicted molar refractivity (Wildman–Crippen MR) is 83.1 cm³/mol. The summed E-state index contributed by atoms with van der Waals surface area (Å²) in [6.45, 7) is 1.88. The van der Waals surface area contributed by atoms with Crippen LogP contribution in [-0.2, 0) is 0 Å². The molecule has 0 aromatic heterocycles. The number of nitro groups is 1. The summed E-state index contributed by atoms with van der Waals surface area (Å²) in [5.74, 6) is -0.270. The van der Waals surface area contributed by atoms with Crippen molar-refractivity contribution in [2.45, 2.75) is 13.0 Å². The van der Waals surface area contributed by atoms with Gasteiger partial charge in [-0.1, -0.05) is 34.1 Å². The summed E-state index contributed by atoms with van der Waals surface area (Å²) in [6.07, 6.45) is 0. The molecule has 0 radical (unpaired) electrons. The predicted octanol–water partition coefficient (Wildman–Crippen LogP) is 3.85. The van der Waals surface area contributed by atoms with Crippen molar-refractivity contribution >= 4 is 27.5 Å². The minimum absolute atomic E-state index is 0.0367. The average molecular weight is 349 g/mol. The number of non-ortho nitro benzene ring substituents is 1. The van der Waals surface area contributed by atoms with Crippen LogP contribution in [0, 0.1) is 10.1 Å². The third-order valence-corrected chi connectivity index (χ3v) is 3.78. The van der Waals surface area contributed by atoms with E-state index in [1.807, 2.05) is 31.2 Å². The molecule has 0 heterocycles. The first-order chi connectivity index (χ1) is 9.99. The van der Waals surface area contributed by atoms with E-state index in [1.54, 1.807) is 0 Å². The maximum absolute atomic E-state index is 12.1. The summed E-state index contributed by atoms with van der Waals surface area (Å²) in [5.41, 5.74) is 1.32. The van der Waals surface area contributed by atoms with Crippen molar-refractivity contribution in [3.63, 3.8) is 0 Å². The molecular weight excluding hydrogens is 336 g/mol. The normalized spacial score (nSPS) is 11.7. The molecule has 0 aliphatic heterocycles. The minimum atomic E-state index is -0.495. The zero-order valence-corrected chi connectivity index (χ0v) is 12.8. The van der Waals surface area contributed by atoms with Gasteiger partial charge in [0.2, 0.25) is 0 Å². The Morgan fingerprint density at radius 2 is 1.81 bits per heavy atom. The molecule has 0 saturated heterocycles. The van der Waals surface area contributed by atoms with E-state index in [0.29, 0.717) is 5.56 Å². The lowest BCUT2D eigenvalue weighted by molar-refractivity contribution is -0.384. The van der Waals surface area contributed by atoms with Crippen molar-refractivity contribution in [2.24, 2.45) is 0 Å². The molecule has 2 aromatic rings. The maximum Gasteiger partial charge on any atom is 0.269 e. The Kier molecular flexibility index (Phi) is 4.70. The lowest BCUT2D eigenvalue weighted by Crippen LogP contribution is -2.26. The van der Waals surface area contributed by atoms with Crippen LogP contribution in [0.5, 0.6) is 0 Å². The smallest absolute Gasteiger partial charge is 0.269 e. The number of rotatable bonds is 4. The largest absolute Gasteiger partial charge is 0.345 e. The molecule has 6 heteroatoms. The lowest BCUT2D eigenvalue weighted by atomic mass is 10.1. The molecule has 1 N–H and O–H groups in total. The zero-order chi connectivity index (χ0) is 15.4. The van der Waals surface area contributed by atoms with Crippen molar-refractivity contribution in [3.05, 3.63) is 74.2 Å². The second-order valence-electron chi connectivity index (χ2n) is 4.52. The highest BCUT2D eigenvalue weighted by molar-refractivity contribution is 9.10. The summed E-state index contributed by atoms with van der Waals surface area (Å²) in [5, 5.41) is 13.4. The Bertz CT molecular complexity index is 671. The van der Waals surface area contributed by atoms with Crippen LogP contribution in [0.3, 0.4) is 0 Å². The first kappa shape index (κ1) is 15.2. The van der Waals surface area contributed by atoms with Crippen LogP contribution >= 0.6 is 15.9 Å². The van der Waals surface area contributed by atoms with Crippen LogP contribution in [0.1, 0.15) is 28.9 Å². The van der Waals surface area contributed by atoms with Gasteiger partial charge in [0.05, 0.1) is 11.0 Å². The van der Waals surface area contributed by atoms with E-state index in [2.05, 4.69) is 21.2 Å². The Morgan fingerprint density at radius 1 is 1.19 bits per heavy atom. The fourth-order valence-corrected chi connectivity index (χ4v) is 2.55. The molecule has 0 aliphatic rings. The van der Waals surface area contributed by atoms with Gasteiger partial charge in [0.15, 0.2) is 0 Å². The number of benzene rings is 2. The summed E-state index contributed by atoms with van der Waals surface area (Å²) in [6, 6.07) is 13.0. The van der Waals surface area contributed by atoms with Gasteiger partial charge in [0.25, 0.3) is 11.6 Å². The standard InChI is InChI=1S/C15H13BrN2O3/c1-10(13-4-2-3-5-14(13)16)17-15(19)11-6-8-12(9-7-11)18(20)21/h2-10H,1H3,(H,17,19)/t10-/m1/s1. The van der Waals surface area contributed by atoms with Gasteiger partial charge < -0.3 is 5.32 Å². The van der Waals surface area contributed by atoms with E-state index in [4.69, 9.17) is 0 Å². The monoisotopic (exact) mass is 348 g/mol. The number of carbonyl (C=O) groups excluding carboxylic acids is 1. The Labute approximate surface area is 130 Å². The minimum Gasteiger partial charge on any atom is -0.345 e. The number of hydrogen-bond donors (Lipinski definition) is 1. The number of carbonyl (C=O) groups is 1. The first-order valence-electron chi connectivity index (χ1n) is 6.29. The number of nitrogens with zero attached hydrogens (tertiary/aromatic N) is 1. The van der Waals surface area contributed by atoms with Gasteiger partial charge in [-0.3, -0.25) is 14.9 Å². The van der Waals surface area contributed by atoms with E-state index >= 15 is 0 Å². The molecule has 1 atom stereocenters. The third kappa shape index (κ3) is 3.66. The van der Waals surface area contributed by atoms with Gasteiger partial charge >= 0.3 is 0 Å². The number of nitro benzene ring substituents is 1. The number of amides is 1. The summed E-state index contributed by atoms with van der Waals surface area (Å²) >= 11 is 3.44. The second kappa shape index (κ2) is 6.49. The van der Waals surface area contributed by atoms with Crippen molar-refractivity contribution in [2.75, 3.05) is 0 Å². The average Bonchev–Trinajstić information content (AvgIpc) is 2.47. The van der Waals surface area contributed by atoms with E-state index in [9.17, 15) is 14.9 Å². The number of halogens is 1. The Balaban J connectivity index is 2.11. The van der Waals surface area contributed by atoms with Crippen LogP contribution < -0.4 is 5.32 Å². The van der Waals surface area contributed by atoms with Crippen molar-refractivity contribution in [1.29, 1.82) is 0 Å². The Morgan fingerprint density at radius 3 is 2.38 bits per heavy atom. The fourth-order valence-electron chi connectivity index (χ4n) is 1.92.